The van der Waals surface area contributed by atoms with Crippen LogP contribution in [-0.2, 0) is 19.5 Å². The number of thioether (sulfide) groups is 1. The minimum absolute atomic E-state index is 0.192. The van der Waals surface area contributed by atoms with Crippen LogP contribution in [0.5, 0.6) is 0 Å². The summed E-state index contributed by atoms with van der Waals surface area (Å²) in [5, 5.41) is 1.26. The number of benzene rings is 1. The minimum Gasteiger partial charge on any atom is -0.340 e. The molecule has 1 atom stereocenters. The predicted molar refractivity (Wildman–Crippen MR) is 141 cm³/mol. The first-order valence-corrected chi connectivity index (χ1v) is 13.4. The van der Waals surface area contributed by atoms with Gasteiger partial charge in [-0.15, -0.1) is 11.8 Å². The third-order valence-corrected chi connectivity index (χ3v) is 8.02. The molecule has 1 N–H and O–H groups in total. The molecule has 2 aliphatic heterocycles. The summed E-state index contributed by atoms with van der Waals surface area (Å²) in [6.07, 6.45) is 11.6. The fourth-order valence-electron chi connectivity index (χ4n) is 5.14. The molecule has 4 rings (SSSR count). The number of fused-ring (bicyclic) bond motifs is 3. The fraction of sp³-hybridized carbons (Fsp3) is 0.464. The van der Waals surface area contributed by atoms with Crippen molar-refractivity contribution in [3.63, 3.8) is 0 Å². The maximum absolute atomic E-state index is 13.3. The van der Waals surface area contributed by atoms with Crippen molar-refractivity contribution in [3.05, 3.63) is 70.3 Å². The number of aromatic nitrogens is 1. The van der Waals surface area contributed by atoms with E-state index in [1.807, 2.05) is 17.0 Å². The number of likely N-dealkylation sites (N-methyl/N-ethyl adjacent to an activating group) is 1. The minimum atomic E-state index is 0.192. The standard InChI is InChI=1S/C28H37N3OS/c1-6-23(33-5)9-7-21(3)18-31-26-10-8-22(28(32)30-15-11-20(2)12-16-30)17-24(26)25-19-29(4)14-13-27(25)31/h6-10,17,20H,1,11-16,18-19H2,2-5H3/p+1/b21-7+,23-9+. The molecule has 1 amide bonds. The van der Waals surface area contributed by atoms with Gasteiger partial charge in [0.05, 0.1) is 13.6 Å². The van der Waals surface area contributed by atoms with E-state index in [1.165, 1.54) is 37.5 Å². The molecule has 176 valence electrons. The number of rotatable bonds is 6. The number of allylic oxidation sites excluding steroid dienone is 4. The van der Waals surface area contributed by atoms with Gasteiger partial charge in [-0.05, 0) is 56.2 Å². The smallest absolute Gasteiger partial charge is 0.253 e. The third kappa shape index (κ3) is 5.15. The number of piperidine rings is 1. The monoisotopic (exact) mass is 464 g/mol. The molecule has 1 saturated heterocycles. The SMILES string of the molecule is C=C/C(=C\C=C(/C)Cn1c2c(c3cc(C(=O)N4CCC(C)CC4)ccc31)C[NH+](C)CC2)SC. The van der Waals surface area contributed by atoms with Crippen molar-refractivity contribution in [2.75, 3.05) is 32.9 Å². The molecule has 0 bridgehead atoms. The Balaban J connectivity index is 1.70. The van der Waals surface area contributed by atoms with Gasteiger partial charge in [0.15, 0.2) is 0 Å². The van der Waals surface area contributed by atoms with Gasteiger partial charge in [0.1, 0.15) is 6.54 Å². The molecule has 0 aliphatic carbocycles. The van der Waals surface area contributed by atoms with E-state index in [2.05, 4.69) is 62.6 Å². The maximum Gasteiger partial charge on any atom is 0.253 e. The van der Waals surface area contributed by atoms with Crippen LogP contribution in [0.1, 0.15) is 48.3 Å². The Hall–Kier alpha value is -2.24. The zero-order chi connectivity index (χ0) is 23.5. The highest BCUT2D eigenvalue weighted by molar-refractivity contribution is 8.02. The number of nitrogens with zero attached hydrogens (tertiary/aromatic N) is 2. The second-order valence-electron chi connectivity index (χ2n) is 9.84. The van der Waals surface area contributed by atoms with E-state index < -0.39 is 0 Å². The lowest BCUT2D eigenvalue weighted by molar-refractivity contribution is -0.895. The highest BCUT2D eigenvalue weighted by Crippen LogP contribution is 2.30. The van der Waals surface area contributed by atoms with E-state index in [1.54, 1.807) is 11.8 Å². The second kappa shape index (κ2) is 10.4. The van der Waals surface area contributed by atoms with Gasteiger partial charge in [0.2, 0.25) is 0 Å². The van der Waals surface area contributed by atoms with Crippen LogP contribution in [-0.4, -0.2) is 48.3 Å². The lowest BCUT2D eigenvalue weighted by atomic mass is 9.98. The van der Waals surface area contributed by atoms with Gasteiger partial charge in [0.25, 0.3) is 5.91 Å². The van der Waals surface area contributed by atoms with Crippen molar-refractivity contribution in [1.82, 2.24) is 9.47 Å². The molecule has 3 heterocycles. The first kappa shape index (κ1) is 23.9. The third-order valence-electron chi connectivity index (χ3n) is 7.25. The summed E-state index contributed by atoms with van der Waals surface area (Å²) in [6.45, 7) is 13.2. The Kier molecular flexibility index (Phi) is 7.50. The van der Waals surface area contributed by atoms with Crippen molar-refractivity contribution in [1.29, 1.82) is 0 Å². The lowest BCUT2D eigenvalue weighted by Crippen LogP contribution is -3.08. The zero-order valence-electron chi connectivity index (χ0n) is 20.6. The Labute approximate surface area is 203 Å². The maximum atomic E-state index is 13.3. The molecule has 2 aliphatic rings. The van der Waals surface area contributed by atoms with E-state index >= 15 is 0 Å². The van der Waals surface area contributed by atoms with E-state index in [0.29, 0.717) is 0 Å². The quantitative estimate of drug-likeness (QED) is 0.640. The van der Waals surface area contributed by atoms with Crippen molar-refractivity contribution in [3.8, 4) is 0 Å². The average Bonchev–Trinajstić information content (AvgIpc) is 3.11. The topological polar surface area (TPSA) is 29.7 Å². The largest absolute Gasteiger partial charge is 0.340 e. The molecule has 5 heteroatoms. The molecule has 1 aromatic carbocycles. The molecule has 2 aromatic rings. The molecule has 0 radical (unpaired) electrons. The van der Waals surface area contributed by atoms with Gasteiger partial charge in [-0.3, -0.25) is 4.79 Å². The van der Waals surface area contributed by atoms with Crippen molar-refractivity contribution in [2.24, 2.45) is 5.92 Å². The first-order chi connectivity index (χ1) is 15.9. The van der Waals surface area contributed by atoms with Crippen molar-refractivity contribution < 1.29 is 9.69 Å². The molecule has 0 spiro atoms. The van der Waals surface area contributed by atoms with Crippen LogP contribution in [0, 0.1) is 5.92 Å². The summed E-state index contributed by atoms with van der Waals surface area (Å²) in [5.41, 5.74) is 6.28. The predicted octanol–water partition coefficient (Wildman–Crippen LogP) is 4.46. The van der Waals surface area contributed by atoms with Crippen molar-refractivity contribution in [2.45, 2.75) is 46.2 Å². The van der Waals surface area contributed by atoms with Gasteiger partial charge in [0, 0.05) is 58.7 Å². The van der Waals surface area contributed by atoms with Crippen LogP contribution in [0.4, 0.5) is 0 Å². The average molecular weight is 465 g/mol. The van der Waals surface area contributed by atoms with Gasteiger partial charge >= 0.3 is 0 Å². The Morgan fingerprint density at radius 3 is 2.73 bits per heavy atom. The zero-order valence-corrected chi connectivity index (χ0v) is 21.4. The van der Waals surface area contributed by atoms with Gasteiger partial charge in [-0.1, -0.05) is 31.2 Å². The Morgan fingerprint density at radius 1 is 1.27 bits per heavy atom. The molecular weight excluding hydrogens is 426 g/mol. The molecule has 1 fully saturated rings. The first-order valence-electron chi connectivity index (χ1n) is 12.2. The molecule has 1 aromatic heterocycles. The Bertz CT molecular complexity index is 1100. The number of quaternary nitrogens is 1. The summed E-state index contributed by atoms with van der Waals surface area (Å²) in [4.78, 5) is 18.0. The summed E-state index contributed by atoms with van der Waals surface area (Å²) >= 11 is 1.71. The summed E-state index contributed by atoms with van der Waals surface area (Å²) < 4.78 is 2.49. The number of nitrogens with one attached hydrogen (secondary N) is 1. The van der Waals surface area contributed by atoms with Gasteiger partial charge in [-0.2, -0.15) is 0 Å². The number of likely N-dealkylation sites (tertiary alicyclic amines) is 1. The van der Waals surface area contributed by atoms with Crippen LogP contribution < -0.4 is 4.90 Å². The van der Waals surface area contributed by atoms with E-state index in [9.17, 15) is 4.79 Å². The normalized spacial score (nSPS) is 20.2. The lowest BCUT2D eigenvalue weighted by Gasteiger charge is -2.30. The number of hydrogen-bond donors (Lipinski definition) is 1. The summed E-state index contributed by atoms with van der Waals surface area (Å²) in [7, 11) is 2.27. The highest BCUT2D eigenvalue weighted by Gasteiger charge is 2.27. The van der Waals surface area contributed by atoms with E-state index in [0.717, 1.165) is 63.5 Å². The van der Waals surface area contributed by atoms with Crippen LogP contribution in [0.15, 0.2) is 53.5 Å². The van der Waals surface area contributed by atoms with Gasteiger partial charge < -0.3 is 14.4 Å². The van der Waals surface area contributed by atoms with E-state index in [-0.39, 0.29) is 5.91 Å². The van der Waals surface area contributed by atoms with Crippen LogP contribution in [0.25, 0.3) is 10.9 Å². The fourth-order valence-corrected chi connectivity index (χ4v) is 5.51. The number of carbonyl (C=O) groups excluding carboxylic acids is 1. The second-order valence-corrected chi connectivity index (χ2v) is 10.7. The molecule has 4 nitrogen and oxygen atoms in total. The van der Waals surface area contributed by atoms with E-state index in [4.69, 9.17) is 0 Å². The number of amides is 1. The Morgan fingerprint density at radius 2 is 2.03 bits per heavy atom. The van der Waals surface area contributed by atoms with Crippen molar-refractivity contribution >= 4 is 28.6 Å². The summed E-state index contributed by atoms with van der Waals surface area (Å²) in [5.74, 6) is 0.915. The molecule has 1 unspecified atom stereocenters. The molecule has 0 saturated carbocycles. The number of carbonyl (C=O) groups is 1. The molecule has 33 heavy (non-hydrogen) atoms. The van der Waals surface area contributed by atoms with Crippen LogP contribution in [0.2, 0.25) is 0 Å². The van der Waals surface area contributed by atoms with Gasteiger partial charge in [-0.25, -0.2) is 0 Å². The number of hydrogen-bond acceptors (Lipinski definition) is 2. The highest BCUT2D eigenvalue weighted by atomic mass is 32.2. The molecular formula is C28H38N3OS+. The van der Waals surface area contributed by atoms with Crippen LogP contribution in [0.3, 0.4) is 0 Å². The summed E-state index contributed by atoms with van der Waals surface area (Å²) in [6, 6.07) is 6.40. The van der Waals surface area contributed by atoms with Crippen LogP contribution >= 0.6 is 11.8 Å².